The van der Waals surface area contributed by atoms with E-state index in [0.717, 1.165) is 95.8 Å². The highest BCUT2D eigenvalue weighted by Gasteiger charge is 2.30. The monoisotopic (exact) mass is 1410 g/mol. The summed E-state index contributed by atoms with van der Waals surface area (Å²) in [6.07, 6.45) is 59.9. The molecule has 0 aliphatic carbocycles. The van der Waals surface area contributed by atoms with E-state index in [2.05, 4.69) is 34.6 Å². The van der Waals surface area contributed by atoms with Crippen LogP contribution in [0.5, 0.6) is 0 Å². The lowest BCUT2D eigenvalue weighted by Gasteiger charge is -2.21. The molecule has 0 rings (SSSR count). The Hall–Kier alpha value is -1.94. The third kappa shape index (κ3) is 70.5. The van der Waals surface area contributed by atoms with Crippen molar-refractivity contribution in [1.82, 2.24) is 0 Å². The molecule has 0 aromatic carbocycles. The van der Waals surface area contributed by atoms with Gasteiger partial charge in [0.05, 0.1) is 26.4 Å². The maximum Gasteiger partial charge on any atom is 0.472 e. The van der Waals surface area contributed by atoms with Gasteiger partial charge in [0, 0.05) is 25.7 Å². The van der Waals surface area contributed by atoms with E-state index in [1.807, 2.05) is 0 Å². The maximum absolute atomic E-state index is 13.1. The Morgan fingerprint density at radius 3 is 0.708 bits per heavy atom. The maximum atomic E-state index is 13.1. The first-order valence-electron chi connectivity index (χ1n) is 40.1. The van der Waals surface area contributed by atoms with Gasteiger partial charge in [0.1, 0.15) is 19.3 Å². The number of unbranched alkanes of at least 4 members (excludes halogenated alkanes) is 49. The highest BCUT2D eigenvalue weighted by molar-refractivity contribution is 7.47. The minimum Gasteiger partial charge on any atom is -0.462 e. The molecule has 0 aromatic heterocycles. The Morgan fingerprint density at radius 1 is 0.281 bits per heavy atom. The third-order valence-electron chi connectivity index (χ3n) is 18.0. The third-order valence-corrected chi connectivity index (χ3v) is 19.9. The fourth-order valence-electron chi connectivity index (χ4n) is 11.9. The van der Waals surface area contributed by atoms with Crippen LogP contribution >= 0.6 is 15.6 Å². The highest BCUT2D eigenvalue weighted by Crippen LogP contribution is 2.45. The Bertz CT molecular complexity index is 1840. The molecular formula is C77H150O17P2. The van der Waals surface area contributed by atoms with Crippen LogP contribution in [0.3, 0.4) is 0 Å². The number of hydrogen-bond acceptors (Lipinski definition) is 15. The smallest absolute Gasteiger partial charge is 0.462 e. The quantitative estimate of drug-likeness (QED) is 0.0222. The lowest BCUT2D eigenvalue weighted by Crippen LogP contribution is -2.30. The van der Waals surface area contributed by atoms with Crippen LogP contribution in [0, 0.1) is 5.92 Å². The van der Waals surface area contributed by atoms with Crippen molar-refractivity contribution < 1.29 is 80.2 Å². The first kappa shape index (κ1) is 94.1. The second-order valence-electron chi connectivity index (χ2n) is 28.2. The summed E-state index contributed by atoms with van der Waals surface area (Å²) >= 11 is 0. The second kappa shape index (κ2) is 70.1. The van der Waals surface area contributed by atoms with E-state index in [9.17, 15) is 43.2 Å². The van der Waals surface area contributed by atoms with Gasteiger partial charge in [-0.15, -0.1) is 0 Å². The molecule has 0 saturated carbocycles. The molecule has 0 radical (unpaired) electrons. The van der Waals surface area contributed by atoms with E-state index < -0.39 is 97.5 Å². The molecule has 0 fully saturated rings. The predicted octanol–water partition coefficient (Wildman–Crippen LogP) is 22.9. The molecule has 2 unspecified atom stereocenters. The summed E-state index contributed by atoms with van der Waals surface area (Å²) in [6.45, 7) is 7.24. The van der Waals surface area contributed by atoms with Gasteiger partial charge in [0.2, 0.25) is 0 Å². The minimum absolute atomic E-state index is 0.105. The fourth-order valence-corrected chi connectivity index (χ4v) is 13.5. The molecule has 0 aliphatic rings. The number of rotatable bonds is 77. The number of aliphatic hydroxyl groups excluding tert-OH is 1. The van der Waals surface area contributed by atoms with Crippen LogP contribution in [-0.4, -0.2) is 96.7 Å². The fraction of sp³-hybridized carbons (Fsp3) is 0.948. The van der Waals surface area contributed by atoms with Gasteiger partial charge < -0.3 is 33.8 Å². The number of carbonyl (C=O) groups is 4. The number of phosphoric acid groups is 2. The first-order valence-corrected chi connectivity index (χ1v) is 43.1. The van der Waals surface area contributed by atoms with Crippen LogP contribution in [0.2, 0.25) is 0 Å². The van der Waals surface area contributed by atoms with Crippen molar-refractivity contribution in [3.63, 3.8) is 0 Å². The zero-order chi connectivity index (χ0) is 70.5. The number of esters is 4. The normalized spacial score (nSPS) is 13.9. The van der Waals surface area contributed by atoms with Crippen molar-refractivity contribution in [2.24, 2.45) is 5.92 Å². The molecule has 0 saturated heterocycles. The van der Waals surface area contributed by atoms with Crippen molar-refractivity contribution in [1.29, 1.82) is 0 Å². The van der Waals surface area contributed by atoms with Crippen molar-refractivity contribution >= 4 is 39.5 Å². The van der Waals surface area contributed by atoms with Gasteiger partial charge in [-0.3, -0.25) is 37.3 Å². The van der Waals surface area contributed by atoms with E-state index >= 15 is 0 Å². The Morgan fingerprint density at radius 2 is 0.479 bits per heavy atom. The van der Waals surface area contributed by atoms with E-state index in [-0.39, 0.29) is 25.7 Å². The molecule has 0 amide bonds. The number of aliphatic hydroxyl groups is 1. The van der Waals surface area contributed by atoms with Crippen LogP contribution in [0.4, 0.5) is 0 Å². The van der Waals surface area contributed by atoms with E-state index in [4.69, 9.17) is 37.0 Å². The molecular weight excluding hydrogens is 1260 g/mol. The van der Waals surface area contributed by atoms with E-state index in [1.165, 1.54) is 231 Å². The minimum atomic E-state index is -4.96. The first-order chi connectivity index (χ1) is 46.5. The average molecular weight is 1410 g/mol. The van der Waals surface area contributed by atoms with Crippen LogP contribution in [0.15, 0.2) is 0 Å². The van der Waals surface area contributed by atoms with E-state index in [1.54, 1.807) is 0 Å². The molecule has 5 atom stereocenters. The van der Waals surface area contributed by atoms with Crippen molar-refractivity contribution in [2.75, 3.05) is 39.6 Å². The van der Waals surface area contributed by atoms with Gasteiger partial charge in [0.25, 0.3) is 0 Å². The predicted molar refractivity (Wildman–Crippen MR) is 391 cm³/mol. The molecule has 0 aliphatic heterocycles. The Labute approximate surface area is 588 Å². The van der Waals surface area contributed by atoms with Crippen molar-refractivity contribution in [2.45, 2.75) is 425 Å². The second-order valence-corrected chi connectivity index (χ2v) is 31.1. The number of hydrogen-bond donors (Lipinski definition) is 3. The van der Waals surface area contributed by atoms with Gasteiger partial charge in [-0.25, -0.2) is 9.13 Å². The van der Waals surface area contributed by atoms with Crippen molar-refractivity contribution in [3.05, 3.63) is 0 Å². The number of carbonyl (C=O) groups excluding carboxylic acids is 4. The molecule has 570 valence electrons. The lowest BCUT2D eigenvalue weighted by atomic mass is 10.0. The molecule has 96 heavy (non-hydrogen) atoms. The molecule has 0 bridgehead atoms. The summed E-state index contributed by atoms with van der Waals surface area (Å²) in [5.41, 5.74) is 0. The molecule has 17 nitrogen and oxygen atoms in total. The Balaban J connectivity index is 5.17. The largest absolute Gasteiger partial charge is 0.472 e. The SMILES string of the molecule is CCCCCCCCCCCCCCCCCCCCCCCCC(=O)O[C@H](COC(=O)CCCCCCCCCCCCCCCC)COP(=O)(O)OC[C@@H](O)COP(=O)(O)OC[C@@H](COC(=O)CCCCCCCCCCC)OC(=O)CCCCCCCCCCC(C)C. The molecule has 3 N–H and O–H groups in total. The summed E-state index contributed by atoms with van der Waals surface area (Å²) in [6, 6.07) is 0. The standard InChI is InChI=1S/C77H150O17P2/c1-6-9-12-15-18-21-23-25-27-28-29-30-31-32-33-34-36-38-41-47-52-57-62-76(81)93-72(67-88-75(80)61-56-51-46-40-37-35-26-24-22-19-16-13-10-7-2)68-91-95(83,84)89-64-71(78)65-90-96(85,86)92-69-73(66-87-74(79)60-55-50-45-39-20-17-14-11-8-3)94-77(82)63-58-53-48-43-42-44-49-54-59-70(4)5/h70-73,78H,6-69H2,1-5H3,(H,83,84)(H,85,86)/t71-,72-,73-/m1/s1. The topological polar surface area (TPSA) is 237 Å². The summed E-state index contributed by atoms with van der Waals surface area (Å²) in [5, 5.41) is 10.6. The summed E-state index contributed by atoms with van der Waals surface area (Å²) in [4.78, 5) is 72.7. The molecule has 0 spiro atoms. The summed E-state index contributed by atoms with van der Waals surface area (Å²) < 4.78 is 68.5. The number of phosphoric ester groups is 2. The van der Waals surface area contributed by atoms with Gasteiger partial charge >= 0.3 is 39.5 Å². The lowest BCUT2D eigenvalue weighted by molar-refractivity contribution is -0.161. The van der Waals surface area contributed by atoms with Crippen molar-refractivity contribution in [3.8, 4) is 0 Å². The van der Waals surface area contributed by atoms with E-state index in [0.29, 0.717) is 25.7 Å². The highest BCUT2D eigenvalue weighted by atomic mass is 31.2. The van der Waals surface area contributed by atoms with Gasteiger partial charge in [-0.05, 0) is 31.6 Å². The summed E-state index contributed by atoms with van der Waals surface area (Å²) in [7, 11) is -9.91. The van der Waals surface area contributed by atoms with Crippen LogP contribution in [0.25, 0.3) is 0 Å². The number of ether oxygens (including phenoxy) is 4. The zero-order valence-corrected chi connectivity index (χ0v) is 64.3. The van der Waals surface area contributed by atoms with Gasteiger partial charge in [-0.1, -0.05) is 356 Å². The Kier molecular flexibility index (Phi) is 68.7. The summed E-state index contributed by atoms with van der Waals surface area (Å²) in [5.74, 6) is -1.40. The van der Waals surface area contributed by atoms with Gasteiger partial charge in [-0.2, -0.15) is 0 Å². The van der Waals surface area contributed by atoms with Gasteiger partial charge in [0.15, 0.2) is 12.2 Å². The van der Waals surface area contributed by atoms with Crippen LogP contribution in [-0.2, 0) is 65.4 Å². The molecule has 19 heteroatoms. The zero-order valence-electron chi connectivity index (χ0n) is 62.5. The van der Waals surface area contributed by atoms with Crippen LogP contribution < -0.4 is 0 Å². The molecule has 0 aromatic rings. The average Bonchev–Trinajstić information content (AvgIpc) is 1.42. The molecule has 0 heterocycles. The van der Waals surface area contributed by atoms with Crippen LogP contribution in [0.1, 0.15) is 407 Å².